The Labute approximate surface area is 149 Å². The molecule has 4 nitrogen and oxygen atoms in total. The van der Waals surface area contributed by atoms with E-state index in [-0.39, 0.29) is 5.91 Å². The zero-order valence-corrected chi connectivity index (χ0v) is 15.1. The largest absolute Gasteiger partial charge is 0.465 e. The topological polar surface area (TPSA) is 55.4 Å². The lowest BCUT2D eigenvalue weighted by molar-refractivity contribution is 0.0600. The van der Waals surface area contributed by atoms with Crippen molar-refractivity contribution < 1.29 is 14.3 Å². The molecule has 132 valence electrons. The Bertz CT molecular complexity index is 739. The molecule has 1 amide bonds. The highest BCUT2D eigenvalue weighted by Gasteiger charge is 2.25. The number of ether oxygens (including phenoxy) is 1. The second-order valence-electron chi connectivity index (χ2n) is 6.40. The van der Waals surface area contributed by atoms with Crippen molar-refractivity contribution in [2.45, 2.75) is 26.7 Å². The molecule has 0 aromatic heterocycles. The number of esters is 1. The van der Waals surface area contributed by atoms with Crippen LogP contribution in [-0.2, 0) is 4.74 Å². The molecule has 1 aromatic carbocycles. The molecule has 1 aliphatic rings. The Morgan fingerprint density at radius 3 is 2.52 bits per heavy atom. The number of hydrogen-bond acceptors (Lipinski definition) is 3. The lowest BCUT2D eigenvalue weighted by Gasteiger charge is -2.09. The molecule has 0 radical (unpaired) electrons. The van der Waals surface area contributed by atoms with E-state index in [0.717, 1.165) is 11.1 Å². The van der Waals surface area contributed by atoms with Crippen LogP contribution in [0.4, 0.5) is 0 Å². The molecule has 0 unspecified atom stereocenters. The summed E-state index contributed by atoms with van der Waals surface area (Å²) in [7, 11) is 1.32. The first-order valence-electron chi connectivity index (χ1n) is 8.42. The fourth-order valence-corrected chi connectivity index (χ4v) is 2.36. The minimum Gasteiger partial charge on any atom is -0.465 e. The minimum absolute atomic E-state index is 0.196. The molecule has 0 heterocycles. The number of carbonyl (C=O) groups is 2. The summed E-state index contributed by atoms with van der Waals surface area (Å²) in [4.78, 5) is 24.0. The molecule has 4 heteroatoms. The van der Waals surface area contributed by atoms with Crippen LogP contribution in [0, 0.1) is 5.92 Å². The first-order valence-corrected chi connectivity index (χ1v) is 8.42. The molecular weight excluding hydrogens is 314 g/mol. The SMILES string of the molecule is C=C(C)/C(C)=C/C=C(\CNC(=O)c1cccc(C(=O)OC)c1)C1CC1. The number of methoxy groups -OCH3 is 1. The molecule has 1 aromatic rings. The average Bonchev–Trinajstić information content (AvgIpc) is 3.45. The van der Waals surface area contributed by atoms with E-state index in [1.54, 1.807) is 24.3 Å². The first kappa shape index (κ1) is 18.7. The molecule has 25 heavy (non-hydrogen) atoms. The molecule has 1 aliphatic carbocycles. The van der Waals surface area contributed by atoms with Gasteiger partial charge in [0.05, 0.1) is 12.7 Å². The van der Waals surface area contributed by atoms with Gasteiger partial charge in [0.15, 0.2) is 0 Å². The summed E-state index contributed by atoms with van der Waals surface area (Å²) in [6.07, 6.45) is 6.48. The fraction of sp³-hybridized carbons (Fsp3) is 0.333. The zero-order chi connectivity index (χ0) is 18.4. The number of carbonyl (C=O) groups excluding carboxylic acids is 2. The van der Waals surface area contributed by atoms with Crippen molar-refractivity contribution in [3.05, 3.63) is 70.8 Å². The highest BCUT2D eigenvalue weighted by Crippen LogP contribution is 2.36. The van der Waals surface area contributed by atoms with Crippen LogP contribution in [0.3, 0.4) is 0 Å². The van der Waals surface area contributed by atoms with Gasteiger partial charge in [-0.3, -0.25) is 4.79 Å². The molecule has 0 spiro atoms. The predicted molar refractivity (Wildman–Crippen MR) is 99.5 cm³/mol. The van der Waals surface area contributed by atoms with Gasteiger partial charge in [0.2, 0.25) is 0 Å². The number of amides is 1. The van der Waals surface area contributed by atoms with Gasteiger partial charge in [0.25, 0.3) is 5.91 Å². The van der Waals surface area contributed by atoms with E-state index >= 15 is 0 Å². The van der Waals surface area contributed by atoms with Crippen molar-refractivity contribution in [3.8, 4) is 0 Å². The highest BCUT2D eigenvalue weighted by molar-refractivity contribution is 5.98. The van der Waals surface area contributed by atoms with E-state index < -0.39 is 5.97 Å². The van der Waals surface area contributed by atoms with Crippen LogP contribution in [0.25, 0.3) is 0 Å². The van der Waals surface area contributed by atoms with Gasteiger partial charge >= 0.3 is 5.97 Å². The van der Waals surface area contributed by atoms with Crippen LogP contribution in [0.1, 0.15) is 47.4 Å². The predicted octanol–water partition coefficient (Wildman–Crippen LogP) is 4.06. The maximum Gasteiger partial charge on any atom is 0.337 e. The Morgan fingerprint density at radius 1 is 1.24 bits per heavy atom. The summed E-state index contributed by atoms with van der Waals surface area (Å²) >= 11 is 0. The van der Waals surface area contributed by atoms with E-state index in [4.69, 9.17) is 0 Å². The molecule has 0 atom stereocenters. The summed E-state index contributed by atoms with van der Waals surface area (Å²) in [5, 5.41) is 2.95. The van der Waals surface area contributed by atoms with Crippen molar-refractivity contribution in [2.75, 3.05) is 13.7 Å². The molecule has 0 saturated heterocycles. The smallest absolute Gasteiger partial charge is 0.337 e. The molecule has 0 aliphatic heterocycles. The zero-order valence-electron chi connectivity index (χ0n) is 15.1. The van der Waals surface area contributed by atoms with Crippen LogP contribution in [-0.4, -0.2) is 25.5 Å². The number of nitrogens with one attached hydrogen (secondary N) is 1. The van der Waals surface area contributed by atoms with Crippen molar-refractivity contribution in [1.82, 2.24) is 5.32 Å². The molecule has 2 rings (SSSR count). The Hall–Kier alpha value is -2.62. The van der Waals surface area contributed by atoms with E-state index in [1.165, 1.54) is 25.5 Å². The monoisotopic (exact) mass is 339 g/mol. The van der Waals surface area contributed by atoms with Crippen LogP contribution >= 0.6 is 0 Å². The molecule has 1 N–H and O–H groups in total. The van der Waals surface area contributed by atoms with Crippen molar-refractivity contribution in [3.63, 3.8) is 0 Å². The van der Waals surface area contributed by atoms with Gasteiger partial charge < -0.3 is 10.1 Å². The maximum absolute atomic E-state index is 12.4. The molecule has 1 saturated carbocycles. The number of rotatable bonds is 7. The third-order valence-corrected chi connectivity index (χ3v) is 4.32. The van der Waals surface area contributed by atoms with Gasteiger partial charge in [-0.15, -0.1) is 0 Å². The lowest BCUT2D eigenvalue weighted by Crippen LogP contribution is -2.26. The standard InChI is InChI=1S/C21H25NO3/c1-14(2)15(3)8-9-19(16-10-11-16)13-22-20(23)17-6-5-7-18(12-17)21(24)25-4/h5-9,12,16H,1,10-11,13H2,2-4H3,(H,22,23)/b15-8+,19-9+. The van der Waals surface area contributed by atoms with Crippen LogP contribution < -0.4 is 5.32 Å². The van der Waals surface area contributed by atoms with Gasteiger partial charge in [-0.2, -0.15) is 0 Å². The van der Waals surface area contributed by atoms with Crippen molar-refractivity contribution in [1.29, 1.82) is 0 Å². The first-order chi connectivity index (χ1) is 11.9. The lowest BCUT2D eigenvalue weighted by atomic mass is 10.1. The third-order valence-electron chi connectivity index (χ3n) is 4.32. The third kappa shape index (κ3) is 5.45. The van der Waals surface area contributed by atoms with Crippen LogP contribution in [0.2, 0.25) is 0 Å². The highest BCUT2D eigenvalue weighted by atomic mass is 16.5. The second kappa shape index (κ2) is 8.47. The number of hydrogen-bond donors (Lipinski definition) is 1. The quantitative estimate of drug-likeness (QED) is 0.602. The normalized spacial score (nSPS) is 14.8. The van der Waals surface area contributed by atoms with Crippen molar-refractivity contribution >= 4 is 11.9 Å². The van der Waals surface area contributed by atoms with Gasteiger partial charge in [-0.25, -0.2) is 4.79 Å². The van der Waals surface area contributed by atoms with Gasteiger partial charge in [-0.1, -0.05) is 30.4 Å². The van der Waals surface area contributed by atoms with E-state index in [1.807, 2.05) is 13.8 Å². The maximum atomic E-state index is 12.4. The summed E-state index contributed by atoms with van der Waals surface area (Å²) in [6, 6.07) is 6.54. The van der Waals surface area contributed by atoms with E-state index in [2.05, 4.69) is 28.8 Å². The second-order valence-corrected chi connectivity index (χ2v) is 6.40. The Kier molecular flexibility index (Phi) is 6.34. The molecule has 0 bridgehead atoms. The Balaban J connectivity index is 2.04. The van der Waals surface area contributed by atoms with Crippen LogP contribution in [0.15, 0.2) is 59.7 Å². The summed E-state index contributed by atoms with van der Waals surface area (Å²) in [5.74, 6) is -0.0950. The van der Waals surface area contributed by atoms with Gasteiger partial charge in [0.1, 0.15) is 0 Å². The summed E-state index contributed by atoms with van der Waals surface area (Å²) in [6.45, 7) is 8.44. The minimum atomic E-state index is -0.450. The van der Waals surface area contributed by atoms with Crippen molar-refractivity contribution in [2.24, 2.45) is 5.92 Å². The fourth-order valence-electron chi connectivity index (χ4n) is 2.36. The average molecular weight is 339 g/mol. The van der Waals surface area contributed by atoms with Gasteiger partial charge in [0, 0.05) is 12.1 Å². The molecular formula is C21H25NO3. The summed E-state index contributed by atoms with van der Waals surface area (Å²) < 4.78 is 4.69. The number of allylic oxidation sites excluding steroid dienone is 4. The Morgan fingerprint density at radius 2 is 1.92 bits per heavy atom. The number of benzene rings is 1. The summed E-state index contributed by atoms with van der Waals surface area (Å²) in [5.41, 5.74) is 4.21. The molecule has 1 fully saturated rings. The van der Waals surface area contributed by atoms with Gasteiger partial charge in [-0.05, 0) is 62.0 Å². The van der Waals surface area contributed by atoms with Crippen LogP contribution in [0.5, 0.6) is 0 Å². The van der Waals surface area contributed by atoms with E-state index in [9.17, 15) is 9.59 Å². The van der Waals surface area contributed by atoms with E-state index in [0.29, 0.717) is 23.6 Å².